The van der Waals surface area contributed by atoms with E-state index in [-0.39, 0.29) is 13.1 Å². The summed E-state index contributed by atoms with van der Waals surface area (Å²) < 4.78 is 10.6. The second-order valence-corrected chi connectivity index (χ2v) is 11.6. The minimum atomic E-state index is -1.37. The number of carboxylic acid groups (broad SMARTS) is 1. The van der Waals surface area contributed by atoms with Crippen molar-refractivity contribution >= 4 is 36.1 Å². The second-order valence-electron chi connectivity index (χ2n) is 11.6. The molecule has 0 saturated carbocycles. The van der Waals surface area contributed by atoms with Gasteiger partial charge in [-0.3, -0.25) is 14.4 Å². The van der Waals surface area contributed by atoms with Gasteiger partial charge in [-0.2, -0.15) is 0 Å². The molecule has 0 aliphatic rings. The summed E-state index contributed by atoms with van der Waals surface area (Å²) in [6.45, 7) is 13.9. The van der Waals surface area contributed by atoms with Gasteiger partial charge in [0.25, 0.3) is 0 Å². The Morgan fingerprint density at radius 1 is 0.714 bits per heavy atom. The first-order valence-electron chi connectivity index (χ1n) is 13.8. The molecule has 5 amide bonds. The number of amides is 5. The maximum absolute atomic E-state index is 13.2. The quantitative estimate of drug-likeness (QED) is 0.328. The highest BCUT2D eigenvalue weighted by Gasteiger charge is 2.33. The molecule has 15 heteroatoms. The fourth-order valence-electron chi connectivity index (χ4n) is 3.32. The lowest BCUT2D eigenvalue weighted by molar-refractivity contribution is -0.150. The van der Waals surface area contributed by atoms with E-state index in [0.717, 1.165) is 4.90 Å². The van der Waals surface area contributed by atoms with Crippen molar-refractivity contribution in [3.63, 3.8) is 0 Å². The molecule has 0 aromatic carbocycles. The molecule has 0 spiro atoms. The van der Waals surface area contributed by atoms with Crippen molar-refractivity contribution in [2.24, 2.45) is 0 Å². The van der Waals surface area contributed by atoms with Crippen LogP contribution in [0, 0.1) is 0 Å². The monoisotopic (exact) mass is 603 g/mol. The van der Waals surface area contributed by atoms with Crippen LogP contribution in [0.25, 0.3) is 0 Å². The maximum Gasteiger partial charge on any atom is 0.443 e. The number of carbonyl (C=O) groups is 6. The van der Waals surface area contributed by atoms with Crippen molar-refractivity contribution in [3.05, 3.63) is 0 Å². The molecule has 15 nitrogen and oxygen atoms in total. The van der Waals surface area contributed by atoms with Gasteiger partial charge in [-0.1, -0.05) is 0 Å². The van der Waals surface area contributed by atoms with E-state index in [1.54, 1.807) is 55.4 Å². The molecule has 1 N–H and O–H groups in total. The van der Waals surface area contributed by atoms with Crippen molar-refractivity contribution in [2.75, 3.05) is 53.9 Å². The number of likely N-dealkylation sites (N-methyl/N-ethyl adjacent to an activating group) is 3. The van der Waals surface area contributed by atoms with Crippen LogP contribution >= 0.6 is 0 Å². The predicted molar refractivity (Wildman–Crippen MR) is 152 cm³/mol. The number of hydroxylamine groups is 2. The van der Waals surface area contributed by atoms with Gasteiger partial charge < -0.3 is 39.0 Å². The van der Waals surface area contributed by atoms with Crippen molar-refractivity contribution in [3.8, 4) is 0 Å². The zero-order valence-corrected chi connectivity index (χ0v) is 26.9. The zero-order valence-electron chi connectivity index (χ0n) is 26.9. The van der Waals surface area contributed by atoms with Crippen LogP contribution in [-0.4, -0.2) is 137 Å². The molecule has 0 heterocycles. The van der Waals surface area contributed by atoms with E-state index in [0.29, 0.717) is 18.2 Å². The van der Waals surface area contributed by atoms with Gasteiger partial charge in [-0.25, -0.2) is 14.4 Å². The Labute approximate surface area is 248 Å². The molecule has 1 atom stereocenters. The molecule has 0 unspecified atom stereocenters. The van der Waals surface area contributed by atoms with Gasteiger partial charge in [0.1, 0.15) is 17.2 Å². The fourth-order valence-corrected chi connectivity index (χ4v) is 3.32. The molecule has 0 aliphatic carbocycles. The number of carbonyl (C=O) groups excluding carboxylic acids is 5. The van der Waals surface area contributed by atoms with Gasteiger partial charge in [-0.15, -0.1) is 5.06 Å². The standard InChI is InChI=1S/C27H49N5O10/c1-12-31(13-2)24(38)42-32(25(39)41-27(6,7)8)15-14-20(33)30(11)19(18-21(34)35)22(36)28(9)16-17-29(10)23(37)40-26(3,4)5/h19H,12-18H2,1-11H3,(H,34,35)/t19-/m0/s1. The van der Waals surface area contributed by atoms with Gasteiger partial charge >= 0.3 is 24.2 Å². The molecular weight excluding hydrogens is 554 g/mol. The molecule has 0 aromatic rings. The van der Waals surface area contributed by atoms with Crippen molar-refractivity contribution < 1.29 is 48.2 Å². The Hall–Kier alpha value is -3.78. The first-order chi connectivity index (χ1) is 19.1. The molecule has 0 aliphatic heterocycles. The Morgan fingerprint density at radius 3 is 1.64 bits per heavy atom. The van der Waals surface area contributed by atoms with E-state index in [1.807, 2.05) is 0 Å². The molecule has 0 fully saturated rings. The second kappa shape index (κ2) is 16.6. The van der Waals surface area contributed by atoms with Crippen LogP contribution in [0.3, 0.4) is 0 Å². The average Bonchev–Trinajstić information content (AvgIpc) is 2.85. The normalized spacial score (nSPS) is 12.0. The Kier molecular flexibility index (Phi) is 15.1. The van der Waals surface area contributed by atoms with Crippen LogP contribution in [0.1, 0.15) is 68.2 Å². The number of hydrogen-bond acceptors (Lipinski definition) is 9. The Balaban J connectivity index is 5.60. The lowest BCUT2D eigenvalue weighted by Gasteiger charge is -2.32. The predicted octanol–water partition coefficient (Wildman–Crippen LogP) is 2.63. The molecule has 0 saturated heterocycles. The molecular formula is C27H49N5O10. The SMILES string of the molecule is CCN(CC)C(=O)ON(CCC(=O)N(C)[C@@H](CC(=O)O)C(=O)N(C)CCN(C)C(=O)OC(C)(C)C)C(=O)OC(C)(C)C. The highest BCUT2D eigenvalue weighted by atomic mass is 16.8. The number of ether oxygens (including phenoxy) is 2. The van der Waals surface area contributed by atoms with Gasteiger partial charge in [0.15, 0.2) is 0 Å². The summed E-state index contributed by atoms with van der Waals surface area (Å²) in [6, 6.07) is -1.37. The molecule has 242 valence electrons. The summed E-state index contributed by atoms with van der Waals surface area (Å²) in [4.78, 5) is 85.3. The van der Waals surface area contributed by atoms with Crippen molar-refractivity contribution in [2.45, 2.75) is 85.5 Å². The molecule has 0 bridgehead atoms. The Bertz CT molecular complexity index is 956. The van der Waals surface area contributed by atoms with Gasteiger partial charge in [0.2, 0.25) is 11.8 Å². The fraction of sp³-hybridized carbons (Fsp3) is 0.778. The third-order valence-corrected chi connectivity index (χ3v) is 5.70. The van der Waals surface area contributed by atoms with Gasteiger partial charge in [-0.05, 0) is 55.4 Å². The zero-order chi connectivity index (χ0) is 33.0. The van der Waals surface area contributed by atoms with Crippen LogP contribution in [-0.2, 0) is 28.7 Å². The highest BCUT2D eigenvalue weighted by molar-refractivity contribution is 5.90. The third kappa shape index (κ3) is 14.2. The van der Waals surface area contributed by atoms with E-state index in [2.05, 4.69) is 0 Å². The summed E-state index contributed by atoms with van der Waals surface area (Å²) in [5, 5.41) is 10.1. The van der Waals surface area contributed by atoms with Crippen LogP contribution in [0.5, 0.6) is 0 Å². The van der Waals surface area contributed by atoms with E-state index in [1.165, 1.54) is 35.8 Å². The molecule has 42 heavy (non-hydrogen) atoms. The minimum Gasteiger partial charge on any atom is -0.481 e. The van der Waals surface area contributed by atoms with Crippen molar-refractivity contribution in [1.29, 1.82) is 0 Å². The van der Waals surface area contributed by atoms with Crippen LogP contribution in [0.15, 0.2) is 0 Å². The molecule has 0 aromatic heterocycles. The smallest absolute Gasteiger partial charge is 0.443 e. The largest absolute Gasteiger partial charge is 0.481 e. The number of aliphatic carboxylic acids is 1. The summed E-state index contributed by atoms with van der Waals surface area (Å²) in [7, 11) is 4.20. The highest BCUT2D eigenvalue weighted by Crippen LogP contribution is 2.14. The summed E-state index contributed by atoms with van der Waals surface area (Å²) >= 11 is 0. The summed E-state index contributed by atoms with van der Waals surface area (Å²) in [6.07, 6.45) is -3.49. The topological polar surface area (TPSA) is 167 Å². The van der Waals surface area contributed by atoms with Gasteiger partial charge in [0.05, 0.1) is 13.0 Å². The average molecular weight is 604 g/mol. The van der Waals surface area contributed by atoms with E-state index in [9.17, 15) is 33.9 Å². The third-order valence-electron chi connectivity index (χ3n) is 5.70. The first-order valence-corrected chi connectivity index (χ1v) is 13.8. The summed E-state index contributed by atoms with van der Waals surface area (Å²) in [5.74, 6) is -2.65. The molecule has 0 radical (unpaired) electrons. The van der Waals surface area contributed by atoms with E-state index in [4.69, 9.17) is 14.3 Å². The van der Waals surface area contributed by atoms with E-state index < -0.39 is 72.7 Å². The first kappa shape index (κ1) is 38.2. The minimum absolute atomic E-state index is 0.0421. The Morgan fingerprint density at radius 2 is 1.19 bits per heavy atom. The number of rotatable bonds is 12. The van der Waals surface area contributed by atoms with Crippen LogP contribution in [0.2, 0.25) is 0 Å². The maximum atomic E-state index is 13.2. The lowest BCUT2D eigenvalue weighted by atomic mass is 10.1. The van der Waals surface area contributed by atoms with E-state index >= 15 is 0 Å². The number of nitrogens with zero attached hydrogens (tertiary/aromatic N) is 5. The van der Waals surface area contributed by atoms with Gasteiger partial charge in [0, 0.05) is 53.7 Å². The van der Waals surface area contributed by atoms with Crippen LogP contribution < -0.4 is 0 Å². The lowest BCUT2D eigenvalue weighted by Crippen LogP contribution is -2.51. The van der Waals surface area contributed by atoms with Crippen LogP contribution in [0.4, 0.5) is 14.4 Å². The number of carboxylic acids is 1. The van der Waals surface area contributed by atoms with Crippen molar-refractivity contribution in [1.82, 2.24) is 24.7 Å². The number of hydrogen-bond donors (Lipinski definition) is 1. The molecule has 0 rings (SSSR count). The summed E-state index contributed by atoms with van der Waals surface area (Å²) in [5.41, 5.74) is -1.62.